The van der Waals surface area contributed by atoms with Gasteiger partial charge in [-0.25, -0.2) is 0 Å². The Bertz CT molecular complexity index is 334. The van der Waals surface area contributed by atoms with Crippen LogP contribution in [0, 0.1) is 13.8 Å². The number of hydrogen-bond donors (Lipinski definition) is 1. The van der Waals surface area contributed by atoms with Crippen molar-refractivity contribution in [2.45, 2.75) is 46.3 Å². The Labute approximate surface area is 98.3 Å². The summed E-state index contributed by atoms with van der Waals surface area (Å²) in [4.78, 5) is 0. The van der Waals surface area contributed by atoms with Crippen molar-refractivity contribution >= 4 is 0 Å². The van der Waals surface area contributed by atoms with E-state index in [9.17, 15) is 5.11 Å². The fraction of sp³-hybridized carbons (Fsp3) is 0.571. The number of ether oxygens (including phenoxy) is 1. The molecule has 0 aliphatic rings. The first-order valence-electron chi connectivity index (χ1n) is 5.90. The summed E-state index contributed by atoms with van der Waals surface area (Å²) in [5.41, 5.74) is 3.73. The van der Waals surface area contributed by atoms with Crippen LogP contribution in [-0.4, -0.2) is 23.9 Å². The minimum Gasteiger partial charge on any atom is -0.390 e. The molecule has 0 radical (unpaired) electrons. The molecule has 0 aliphatic carbocycles. The minimum absolute atomic E-state index is 0.105. The van der Waals surface area contributed by atoms with Gasteiger partial charge in [0.1, 0.15) is 0 Å². The molecule has 0 fully saturated rings. The molecule has 0 aliphatic heterocycles. The smallest absolute Gasteiger partial charge is 0.0839 e. The molecule has 1 rings (SSSR count). The first kappa shape index (κ1) is 13.2. The van der Waals surface area contributed by atoms with Crippen LogP contribution in [0.3, 0.4) is 0 Å². The van der Waals surface area contributed by atoms with Gasteiger partial charge in [0.25, 0.3) is 0 Å². The third kappa shape index (κ3) is 3.62. The van der Waals surface area contributed by atoms with Gasteiger partial charge in [0, 0.05) is 13.0 Å². The predicted octanol–water partition coefficient (Wildman–Crippen LogP) is 2.63. The topological polar surface area (TPSA) is 29.5 Å². The SMILES string of the molecule is CCOC(C)C(O)Cc1ccc(C)c(C)c1. The number of benzene rings is 1. The Kier molecular flexibility index (Phi) is 4.97. The van der Waals surface area contributed by atoms with Crippen LogP contribution in [0.5, 0.6) is 0 Å². The van der Waals surface area contributed by atoms with Crippen molar-refractivity contribution in [3.63, 3.8) is 0 Å². The average Bonchev–Trinajstić information content (AvgIpc) is 2.24. The van der Waals surface area contributed by atoms with Gasteiger partial charge in [-0.2, -0.15) is 0 Å². The Morgan fingerprint density at radius 2 is 1.94 bits per heavy atom. The minimum atomic E-state index is -0.429. The van der Waals surface area contributed by atoms with Gasteiger partial charge in [-0.1, -0.05) is 18.2 Å². The van der Waals surface area contributed by atoms with Crippen LogP contribution in [0.15, 0.2) is 18.2 Å². The van der Waals surface area contributed by atoms with Crippen LogP contribution in [0.1, 0.15) is 30.5 Å². The summed E-state index contributed by atoms with van der Waals surface area (Å²) in [5, 5.41) is 9.94. The van der Waals surface area contributed by atoms with Crippen LogP contribution >= 0.6 is 0 Å². The van der Waals surface area contributed by atoms with Gasteiger partial charge in [-0.05, 0) is 44.4 Å². The van der Waals surface area contributed by atoms with Gasteiger partial charge in [0.2, 0.25) is 0 Å². The first-order chi connectivity index (χ1) is 7.54. The molecular weight excluding hydrogens is 200 g/mol. The second-order valence-corrected chi connectivity index (χ2v) is 4.35. The molecule has 0 bridgehead atoms. The third-order valence-electron chi connectivity index (χ3n) is 2.99. The van der Waals surface area contributed by atoms with E-state index in [-0.39, 0.29) is 6.10 Å². The van der Waals surface area contributed by atoms with E-state index in [1.165, 1.54) is 16.7 Å². The molecule has 0 saturated carbocycles. The standard InChI is InChI=1S/C14H22O2/c1-5-16-12(4)14(15)9-13-7-6-10(2)11(3)8-13/h6-8,12,14-15H,5,9H2,1-4H3. The molecule has 1 aromatic rings. The second-order valence-electron chi connectivity index (χ2n) is 4.35. The van der Waals surface area contributed by atoms with Crippen molar-refractivity contribution in [1.29, 1.82) is 0 Å². The monoisotopic (exact) mass is 222 g/mol. The molecule has 2 unspecified atom stereocenters. The summed E-state index contributed by atoms with van der Waals surface area (Å²) < 4.78 is 5.38. The fourth-order valence-corrected chi connectivity index (χ4v) is 1.71. The molecule has 90 valence electrons. The van der Waals surface area contributed by atoms with E-state index in [1.807, 2.05) is 13.8 Å². The van der Waals surface area contributed by atoms with E-state index < -0.39 is 6.10 Å². The van der Waals surface area contributed by atoms with Gasteiger partial charge in [-0.3, -0.25) is 0 Å². The molecule has 2 heteroatoms. The van der Waals surface area contributed by atoms with Gasteiger partial charge in [0.05, 0.1) is 12.2 Å². The van der Waals surface area contributed by atoms with Gasteiger partial charge >= 0.3 is 0 Å². The average molecular weight is 222 g/mol. The lowest BCUT2D eigenvalue weighted by molar-refractivity contribution is -0.0208. The zero-order valence-corrected chi connectivity index (χ0v) is 10.7. The van der Waals surface area contributed by atoms with Gasteiger partial charge < -0.3 is 9.84 Å². The lowest BCUT2D eigenvalue weighted by Gasteiger charge is -2.19. The molecule has 2 atom stereocenters. The first-order valence-corrected chi connectivity index (χ1v) is 5.90. The van der Waals surface area contributed by atoms with Crippen LogP contribution < -0.4 is 0 Å². The Hall–Kier alpha value is -0.860. The normalized spacial score (nSPS) is 14.8. The Morgan fingerprint density at radius 3 is 2.50 bits per heavy atom. The Balaban J connectivity index is 2.62. The van der Waals surface area contributed by atoms with E-state index >= 15 is 0 Å². The largest absolute Gasteiger partial charge is 0.390 e. The van der Waals surface area contributed by atoms with Crippen molar-refractivity contribution in [1.82, 2.24) is 0 Å². The number of aliphatic hydroxyl groups excluding tert-OH is 1. The summed E-state index contributed by atoms with van der Waals surface area (Å²) in [6.07, 6.45) is 0.121. The molecule has 0 spiro atoms. The molecule has 16 heavy (non-hydrogen) atoms. The maximum absolute atomic E-state index is 9.94. The van der Waals surface area contributed by atoms with E-state index in [4.69, 9.17) is 4.74 Å². The third-order valence-corrected chi connectivity index (χ3v) is 2.99. The van der Waals surface area contributed by atoms with Crippen LogP contribution in [0.2, 0.25) is 0 Å². The molecule has 0 heterocycles. The van der Waals surface area contributed by atoms with Gasteiger partial charge in [0.15, 0.2) is 0 Å². The maximum atomic E-state index is 9.94. The van der Waals surface area contributed by atoms with E-state index in [0.29, 0.717) is 13.0 Å². The molecule has 1 N–H and O–H groups in total. The second kappa shape index (κ2) is 6.02. The number of aryl methyl sites for hydroxylation is 2. The molecule has 0 amide bonds. The summed E-state index contributed by atoms with van der Waals surface area (Å²) >= 11 is 0. The highest BCUT2D eigenvalue weighted by Crippen LogP contribution is 2.13. The number of aliphatic hydroxyl groups is 1. The highest BCUT2D eigenvalue weighted by atomic mass is 16.5. The quantitative estimate of drug-likeness (QED) is 0.830. The molecular formula is C14H22O2. The van der Waals surface area contributed by atoms with E-state index in [2.05, 4.69) is 32.0 Å². The van der Waals surface area contributed by atoms with Crippen LogP contribution in [-0.2, 0) is 11.2 Å². The number of hydrogen-bond acceptors (Lipinski definition) is 2. The van der Waals surface area contributed by atoms with E-state index in [0.717, 1.165) is 0 Å². The highest BCUT2D eigenvalue weighted by Gasteiger charge is 2.14. The van der Waals surface area contributed by atoms with Crippen molar-refractivity contribution in [3.05, 3.63) is 34.9 Å². The summed E-state index contributed by atoms with van der Waals surface area (Å²) in [5.74, 6) is 0. The van der Waals surface area contributed by atoms with Crippen LogP contribution in [0.4, 0.5) is 0 Å². The molecule has 2 nitrogen and oxygen atoms in total. The van der Waals surface area contributed by atoms with Crippen molar-refractivity contribution < 1.29 is 9.84 Å². The van der Waals surface area contributed by atoms with Crippen molar-refractivity contribution in [3.8, 4) is 0 Å². The Morgan fingerprint density at radius 1 is 1.25 bits per heavy atom. The maximum Gasteiger partial charge on any atom is 0.0839 e. The summed E-state index contributed by atoms with van der Waals surface area (Å²) in [7, 11) is 0. The lowest BCUT2D eigenvalue weighted by Crippen LogP contribution is -2.28. The summed E-state index contributed by atoms with van der Waals surface area (Å²) in [6.45, 7) is 8.69. The van der Waals surface area contributed by atoms with Crippen molar-refractivity contribution in [2.24, 2.45) is 0 Å². The van der Waals surface area contributed by atoms with Gasteiger partial charge in [-0.15, -0.1) is 0 Å². The zero-order valence-electron chi connectivity index (χ0n) is 10.7. The predicted molar refractivity (Wildman–Crippen MR) is 66.7 cm³/mol. The van der Waals surface area contributed by atoms with E-state index in [1.54, 1.807) is 0 Å². The van der Waals surface area contributed by atoms with Crippen LogP contribution in [0.25, 0.3) is 0 Å². The molecule has 0 saturated heterocycles. The number of rotatable bonds is 5. The molecule has 1 aromatic carbocycles. The highest BCUT2D eigenvalue weighted by molar-refractivity contribution is 5.30. The zero-order chi connectivity index (χ0) is 12.1. The van der Waals surface area contributed by atoms with Crippen molar-refractivity contribution in [2.75, 3.05) is 6.61 Å². The molecule has 0 aromatic heterocycles. The lowest BCUT2D eigenvalue weighted by atomic mass is 10.0. The fourth-order valence-electron chi connectivity index (χ4n) is 1.71. The summed E-state index contributed by atoms with van der Waals surface area (Å²) in [6, 6.07) is 6.31.